The SMILES string of the molecule is Cc1cc(N)cc(C(=O)NCCCc2cn[nH]c2C)c1. The average molecular weight is 272 g/mol. The summed E-state index contributed by atoms with van der Waals surface area (Å²) < 4.78 is 0. The van der Waals surface area contributed by atoms with E-state index in [4.69, 9.17) is 5.73 Å². The first-order valence-corrected chi connectivity index (χ1v) is 6.70. The van der Waals surface area contributed by atoms with Gasteiger partial charge in [-0.1, -0.05) is 0 Å². The maximum Gasteiger partial charge on any atom is 0.251 e. The predicted octanol–water partition coefficient (Wildman–Crippen LogP) is 1.97. The van der Waals surface area contributed by atoms with Crippen LogP contribution in [-0.2, 0) is 6.42 Å². The number of nitrogens with one attached hydrogen (secondary N) is 2. The second kappa shape index (κ2) is 6.23. The molecule has 106 valence electrons. The van der Waals surface area contributed by atoms with Gasteiger partial charge in [0.25, 0.3) is 5.91 Å². The van der Waals surface area contributed by atoms with E-state index in [-0.39, 0.29) is 5.91 Å². The van der Waals surface area contributed by atoms with Crippen molar-refractivity contribution in [1.82, 2.24) is 15.5 Å². The van der Waals surface area contributed by atoms with Gasteiger partial charge in [0.05, 0.1) is 6.20 Å². The molecule has 0 spiro atoms. The Labute approximate surface area is 118 Å². The lowest BCUT2D eigenvalue weighted by Gasteiger charge is -2.07. The van der Waals surface area contributed by atoms with Crippen LogP contribution in [0.4, 0.5) is 5.69 Å². The smallest absolute Gasteiger partial charge is 0.251 e. The molecule has 0 atom stereocenters. The van der Waals surface area contributed by atoms with Crippen molar-refractivity contribution in [3.05, 3.63) is 46.8 Å². The van der Waals surface area contributed by atoms with E-state index in [0.29, 0.717) is 17.8 Å². The van der Waals surface area contributed by atoms with E-state index in [1.54, 1.807) is 6.07 Å². The zero-order valence-corrected chi connectivity index (χ0v) is 11.9. The van der Waals surface area contributed by atoms with Crippen molar-refractivity contribution < 1.29 is 4.79 Å². The van der Waals surface area contributed by atoms with E-state index in [1.807, 2.05) is 32.2 Å². The number of nitrogens with zero attached hydrogens (tertiary/aromatic N) is 1. The second-order valence-corrected chi connectivity index (χ2v) is 5.01. The maximum absolute atomic E-state index is 12.0. The van der Waals surface area contributed by atoms with E-state index in [9.17, 15) is 4.79 Å². The van der Waals surface area contributed by atoms with Crippen LogP contribution in [0.3, 0.4) is 0 Å². The van der Waals surface area contributed by atoms with Gasteiger partial charge in [-0.05, 0) is 56.0 Å². The molecule has 0 unspecified atom stereocenters. The van der Waals surface area contributed by atoms with Crippen molar-refractivity contribution >= 4 is 11.6 Å². The van der Waals surface area contributed by atoms with Gasteiger partial charge in [-0.3, -0.25) is 9.89 Å². The Hall–Kier alpha value is -2.30. The van der Waals surface area contributed by atoms with Crippen LogP contribution in [0.25, 0.3) is 0 Å². The van der Waals surface area contributed by atoms with Gasteiger partial charge in [-0.15, -0.1) is 0 Å². The Morgan fingerprint density at radius 3 is 2.80 bits per heavy atom. The normalized spacial score (nSPS) is 10.5. The summed E-state index contributed by atoms with van der Waals surface area (Å²) in [5, 5.41) is 9.79. The first-order valence-electron chi connectivity index (χ1n) is 6.70. The van der Waals surface area contributed by atoms with Crippen LogP contribution in [0.5, 0.6) is 0 Å². The third kappa shape index (κ3) is 3.60. The van der Waals surface area contributed by atoms with Gasteiger partial charge in [0, 0.05) is 23.5 Å². The fourth-order valence-corrected chi connectivity index (χ4v) is 2.15. The highest BCUT2D eigenvalue weighted by Gasteiger charge is 2.06. The van der Waals surface area contributed by atoms with Crippen LogP contribution in [0, 0.1) is 13.8 Å². The minimum Gasteiger partial charge on any atom is -0.399 e. The number of rotatable bonds is 5. The van der Waals surface area contributed by atoms with Crippen LogP contribution in [0.1, 0.15) is 33.6 Å². The van der Waals surface area contributed by atoms with Gasteiger partial charge >= 0.3 is 0 Å². The van der Waals surface area contributed by atoms with Crippen molar-refractivity contribution in [2.24, 2.45) is 0 Å². The number of hydrogen-bond acceptors (Lipinski definition) is 3. The minimum atomic E-state index is -0.0793. The van der Waals surface area contributed by atoms with Crippen molar-refractivity contribution in [3.8, 4) is 0 Å². The van der Waals surface area contributed by atoms with Gasteiger partial charge in [-0.25, -0.2) is 0 Å². The highest BCUT2D eigenvalue weighted by Crippen LogP contribution is 2.11. The molecule has 0 saturated carbocycles. The summed E-state index contributed by atoms with van der Waals surface area (Å²) in [6, 6.07) is 5.38. The van der Waals surface area contributed by atoms with Crippen LogP contribution in [0.15, 0.2) is 24.4 Å². The highest BCUT2D eigenvalue weighted by molar-refractivity contribution is 5.95. The summed E-state index contributed by atoms with van der Waals surface area (Å²) in [5.74, 6) is -0.0793. The van der Waals surface area contributed by atoms with Gasteiger partial charge in [0.1, 0.15) is 0 Å². The number of benzene rings is 1. The molecule has 2 rings (SSSR count). The topological polar surface area (TPSA) is 83.8 Å². The highest BCUT2D eigenvalue weighted by atomic mass is 16.1. The zero-order valence-electron chi connectivity index (χ0n) is 11.9. The second-order valence-electron chi connectivity index (χ2n) is 5.01. The third-order valence-corrected chi connectivity index (χ3v) is 3.20. The molecule has 5 nitrogen and oxygen atoms in total. The van der Waals surface area contributed by atoms with Gasteiger partial charge < -0.3 is 11.1 Å². The summed E-state index contributed by atoms with van der Waals surface area (Å²) in [6.07, 6.45) is 3.62. The number of nitrogen functional groups attached to an aromatic ring is 1. The number of aromatic amines is 1. The fourth-order valence-electron chi connectivity index (χ4n) is 2.15. The van der Waals surface area contributed by atoms with Gasteiger partial charge in [0.2, 0.25) is 0 Å². The first kappa shape index (κ1) is 14.1. The molecular weight excluding hydrogens is 252 g/mol. The first-order chi connectivity index (χ1) is 9.56. The number of nitrogens with two attached hydrogens (primary N) is 1. The number of carbonyl (C=O) groups excluding carboxylic acids is 1. The lowest BCUT2D eigenvalue weighted by atomic mass is 10.1. The van der Waals surface area contributed by atoms with E-state index in [2.05, 4.69) is 15.5 Å². The maximum atomic E-state index is 12.0. The molecule has 2 aromatic rings. The number of anilines is 1. The Kier molecular flexibility index (Phi) is 4.40. The van der Waals surface area contributed by atoms with Crippen molar-refractivity contribution in [1.29, 1.82) is 0 Å². The molecular formula is C15H20N4O. The summed E-state index contributed by atoms with van der Waals surface area (Å²) in [4.78, 5) is 12.0. The predicted molar refractivity (Wildman–Crippen MR) is 79.6 cm³/mol. The third-order valence-electron chi connectivity index (χ3n) is 3.20. The number of carbonyl (C=O) groups is 1. The largest absolute Gasteiger partial charge is 0.399 e. The summed E-state index contributed by atoms with van der Waals surface area (Å²) in [6.45, 7) is 4.56. The van der Waals surface area contributed by atoms with Crippen LogP contribution in [0.2, 0.25) is 0 Å². The van der Waals surface area contributed by atoms with E-state index in [1.165, 1.54) is 5.56 Å². The average Bonchev–Trinajstić information content (AvgIpc) is 2.79. The molecule has 0 aliphatic rings. The van der Waals surface area contributed by atoms with Crippen molar-refractivity contribution in [2.75, 3.05) is 12.3 Å². The minimum absolute atomic E-state index is 0.0793. The molecule has 20 heavy (non-hydrogen) atoms. The van der Waals surface area contributed by atoms with Crippen LogP contribution in [-0.4, -0.2) is 22.6 Å². The quantitative estimate of drug-likeness (QED) is 0.574. The summed E-state index contributed by atoms with van der Waals surface area (Å²) >= 11 is 0. The fraction of sp³-hybridized carbons (Fsp3) is 0.333. The van der Waals surface area contributed by atoms with E-state index < -0.39 is 0 Å². The number of H-pyrrole nitrogens is 1. The zero-order chi connectivity index (χ0) is 14.5. The van der Waals surface area contributed by atoms with Crippen molar-refractivity contribution in [3.63, 3.8) is 0 Å². The Balaban J connectivity index is 1.82. The Morgan fingerprint density at radius 2 is 2.15 bits per heavy atom. The number of hydrogen-bond donors (Lipinski definition) is 3. The monoisotopic (exact) mass is 272 g/mol. The molecule has 0 bridgehead atoms. The molecule has 0 radical (unpaired) electrons. The number of amides is 1. The molecule has 1 amide bonds. The van der Waals surface area contributed by atoms with Crippen molar-refractivity contribution in [2.45, 2.75) is 26.7 Å². The molecule has 1 aromatic heterocycles. The molecule has 0 fully saturated rings. The molecule has 5 heteroatoms. The lowest BCUT2D eigenvalue weighted by molar-refractivity contribution is 0.0953. The van der Waals surface area contributed by atoms with E-state index >= 15 is 0 Å². The Morgan fingerprint density at radius 1 is 1.35 bits per heavy atom. The molecule has 1 aromatic carbocycles. The number of aryl methyl sites for hydroxylation is 3. The molecule has 1 heterocycles. The van der Waals surface area contributed by atoms with Gasteiger partial charge in [0.15, 0.2) is 0 Å². The molecule has 0 aliphatic carbocycles. The molecule has 0 saturated heterocycles. The van der Waals surface area contributed by atoms with E-state index in [0.717, 1.165) is 24.1 Å². The molecule has 4 N–H and O–H groups in total. The standard InChI is InChI=1S/C15H20N4O/c1-10-6-13(8-14(16)7-10)15(20)17-5-3-4-12-9-18-19-11(12)2/h6-9H,3-5,16H2,1-2H3,(H,17,20)(H,18,19). The van der Waals surface area contributed by atoms with Gasteiger partial charge in [-0.2, -0.15) is 5.10 Å². The van der Waals surface area contributed by atoms with Crippen LogP contribution < -0.4 is 11.1 Å². The number of aromatic nitrogens is 2. The lowest BCUT2D eigenvalue weighted by Crippen LogP contribution is -2.25. The summed E-state index contributed by atoms with van der Waals surface area (Å²) in [5.41, 5.74) is 10.2. The summed E-state index contributed by atoms with van der Waals surface area (Å²) in [7, 11) is 0. The van der Waals surface area contributed by atoms with Crippen LogP contribution >= 0.6 is 0 Å². The molecule has 0 aliphatic heterocycles. The Bertz CT molecular complexity index is 583.